The van der Waals surface area contributed by atoms with Gasteiger partial charge in [-0.25, -0.2) is 13.1 Å². The Morgan fingerprint density at radius 1 is 1.10 bits per heavy atom. The van der Waals surface area contributed by atoms with Crippen molar-refractivity contribution < 1.29 is 8.42 Å². The molecule has 110 valence electrons. The second-order valence-corrected chi connectivity index (χ2v) is 7.45. The minimum atomic E-state index is -3.39. The molecule has 0 bridgehead atoms. The van der Waals surface area contributed by atoms with Gasteiger partial charge in [0.05, 0.1) is 4.90 Å². The molecule has 1 saturated carbocycles. The molecule has 1 aromatic rings. The monoisotopic (exact) mass is 294 g/mol. The number of fused-ring (bicyclic) bond motifs is 1. The first-order chi connectivity index (χ1) is 9.67. The predicted molar refractivity (Wildman–Crippen MR) is 80.4 cm³/mol. The second-order valence-electron chi connectivity index (χ2n) is 5.77. The van der Waals surface area contributed by atoms with Crippen molar-refractivity contribution in [3.63, 3.8) is 0 Å². The topological polar surface area (TPSA) is 58.2 Å². The maximum atomic E-state index is 12.6. The highest BCUT2D eigenvalue weighted by Gasteiger charge is 2.25. The number of rotatable bonds is 3. The van der Waals surface area contributed by atoms with E-state index in [0.29, 0.717) is 4.90 Å². The number of nitrogens with one attached hydrogen (secondary N) is 2. The highest BCUT2D eigenvalue weighted by Crippen LogP contribution is 2.29. The molecule has 0 aromatic heterocycles. The van der Waals surface area contributed by atoms with Crippen molar-refractivity contribution in [2.45, 2.75) is 55.9 Å². The summed E-state index contributed by atoms with van der Waals surface area (Å²) in [6.07, 6.45) is 7.23. The molecular formula is C15H22N2O2S. The Balaban J connectivity index is 1.87. The summed E-state index contributed by atoms with van der Waals surface area (Å²) in [6, 6.07) is 5.64. The van der Waals surface area contributed by atoms with Crippen LogP contribution < -0.4 is 10.0 Å². The van der Waals surface area contributed by atoms with Gasteiger partial charge >= 0.3 is 0 Å². The van der Waals surface area contributed by atoms with Gasteiger partial charge in [0.2, 0.25) is 10.0 Å². The predicted octanol–water partition coefficient (Wildman–Crippen LogP) is 2.66. The van der Waals surface area contributed by atoms with Crippen LogP contribution >= 0.6 is 0 Å². The fourth-order valence-corrected chi connectivity index (χ4v) is 4.83. The third-order valence-electron chi connectivity index (χ3n) is 4.27. The van der Waals surface area contributed by atoms with Crippen LogP contribution in [0.15, 0.2) is 23.1 Å². The molecule has 3 rings (SSSR count). The third-order valence-corrected chi connectivity index (χ3v) is 5.87. The molecule has 1 heterocycles. The van der Waals surface area contributed by atoms with E-state index < -0.39 is 10.0 Å². The van der Waals surface area contributed by atoms with Crippen LogP contribution in [0.5, 0.6) is 0 Å². The van der Waals surface area contributed by atoms with Crippen LogP contribution in [0.2, 0.25) is 0 Å². The van der Waals surface area contributed by atoms with Crippen molar-refractivity contribution in [2.24, 2.45) is 0 Å². The molecule has 1 fully saturated rings. The fraction of sp³-hybridized carbons (Fsp3) is 0.600. The quantitative estimate of drug-likeness (QED) is 0.901. The molecule has 5 heteroatoms. The lowest BCUT2D eigenvalue weighted by atomic mass is 9.96. The van der Waals surface area contributed by atoms with Gasteiger partial charge in [-0.15, -0.1) is 0 Å². The number of anilines is 1. The molecule has 1 aromatic carbocycles. The van der Waals surface area contributed by atoms with E-state index in [1.54, 1.807) is 6.07 Å². The smallest absolute Gasteiger partial charge is 0.241 e. The number of benzene rings is 1. The van der Waals surface area contributed by atoms with E-state index >= 15 is 0 Å². The van der Waals surface area contributed by atoms with Gasteiger partial charge in [-0.05, 0) is 43.4 Å². The molecule has 0 saturated heterocycles. The van der Waals surface area contributed by atoms with Gasteiger partial charge in [-0.1, -0.05) is 25.3 Å². The van der Waals surface area contributed by atoms with Gasteiger partial charge in [0.1, 0.15) is 0 Å². The van der Waals surface area contributed by atoms with Crippen molar-refractivity contribution in [1.29, 1.82) is 0 Å². The molecule has 0 unspecified atom stereocenters. The SMILES string of the molecule is O=S(=O)(NC1CCCCC1)c1cccc2c1CCCN2. The molecule has 2 aliphatic rings. The average Bonchev–Trinajstić information content (AvgIpc) is 2.47. The minimum Gasteiger partial charge on any atom is -0.385 e. The van der Waals surface area contributed by atoms with Gasteiger partial charge in [-0.2, -0.15) is 0 Å². The van der Waals surface area contributed by atoms with Crippen LogP contribution in [0.3, 0.4) is 0 Å². The fourth-order valence-electron chi connectivity index (χ4n) is 3.23. The van der Waals surface area contributed by atoms with Crippen LogP contribution in [-0.4, -0.2) is 21.0 Å². The Morgan fingerprint density at radius 3 is 2.70 bits per heavy atom. The summed E-state index contributed by atoms with van der Waals surface area (Å²) in [5.74, 6) is 0. The van der Waals surface area contributed by atoms with Crippen molar-refractivity contribution in [2.75, 3.05) is 11.9 Å². The molecule has 1 aliphatic carbocycles. The lowest BCUT2D eigenvalue weighted by Crippen LogP contribution is -2.36. The summed E-state index contributed by atoms with van der Waals surface area (Å²) < 4.78 is 28.2. The van der Waals surface area contributed by atoms with Gasteiger partial charge in [0.25, 0.3) is 0 Å². The summed E-state index contributed by atoms with van der Waals surface area (Å²) in [4.78, 5) is 0.466. The van der Waals surface area contributed by atoms with E-state index in [1.807, 2.05) is 12.1 Å². The van der Waals surface area contributed by atoms with Gasteiger partial charge in [-0.3, -0.25) is 0 Å². The molecule has 2 N–H and O–H groups in total. The molecular weight excluding hydrogens is 272 g/mol. The van der Waals surface area contributed by atoms with E-state index in [4.69, 9.17) is 0 Å². The van der Waals surface area contributed by atoms with Gasteiger partial charge in [0.15, 0.2) is 0 Å². The summed E-state index contributed by atoms with van der Waals surface area (Å²) in [7, 11) is -3.39. The molecule has 0 spiro atoms. The molecule has 0 atom stereocenters. The highest BCUT2D eigenvalue weighted by atomic mass is 32.2. The Hall–Kier alpha value is -1.07. The van der Waals surface area contributed by atoms with Crippen LogP contribution in [0.4, 0.5) is 5.69 Å². The van der Waals surface area contributed by atoms with E-state index in [2.05, 4.69) is 10.0 Å². The lowest BCUT2D eigenvalue weighted by Gasteiger charge is -2.25. The van der Waals surface area contributed by atoms with E-state index in [9.17, 15) is 8.42 Å². The number of hydrogen-bond donors (Lipinski definition) is 2. The average molecular weight is 294 g/mol. The Bertz CT molecular complexity index is 578. The second kappa shape index (κ2) is 5.74. The van der Waals surface area contributed by atoms with Crippen LogP contribution in [-0.2, 0) is 16.4 Å². The highest BCUT2D eigenvalue weighted by molar-refractivity contribution is 7.89. The van der Waals surface area contributed by atoms with E-state index in [1.165, 1.54) is 6.42 Å². The van der Waals surface area contributed by atoms with Crippen molar-refractivity contribution >= 4 is 15.7 Å². The summed E-state index contributed by atoms with van der Waals surface area (Å²) in [5.41, 5.74) is 1.92. The molecule has 0 radical (unpaired) electrons. The van der Waals surface area contributed by atoms with Crippen molar-refractivity contribution in [3.05, 3.63) is 23.8 Å². The Kier molecular flexibility index (Phi) is 3.98. The first kappa shape index (κ1) is 13.9. The third kappa shape index (κ3) is 2.83. The zero-order valence-electron chi connectivity index (χ0n) is 11.7. The van der Waals surface area contributed by atoms with Gasteiger partial charge in [0, 0.05) is 18.3 Å². The van der Waals surface area contributed by atoms with Crippen molar-refractivity contribution in [3.8, 4) is 0 Å². The minimum absolute atomic E-state index is 0.112. The lowest BCUT2D eigenvalue weighted by molar-refractivity contribution is 0.412. The maximum absolute atomic E-state index is 12.6. The van der Waals surface area contributed by atoms with Gasteiger partial charge < -0.3 is 5.32 Å². The molecule has 4 nitrogen and oxygen atoms in total. The number of sulfonamides is 1. The number of hydrogen-bond acceptors (Lipinski definition) is 3. The molecule has 0 amide bonds. The zero-order valence-corrected chi connectivity index (χ0v) is 12.5. The van der Waals surface area contributed by atoms with Crippen LogP contribution in [0.1, 0.15) is 44.1 Å². The maximum Gasteiger partial charge on any atom is 0.241 e. The summed E-state index contributed by atoms with van der Waals surface area (Å²) in [6.45, 7) is 0.923. The van der Waals surface area contributed by atoms with Crippen LogP contribution in [0, 0.1) is 0 Å². The normalized spacial score (nSPS) is 20.2. The zero-order chi connectivity index (χ0) is 14.0. The largest absolute Gasteiger partial charge is 0.385 e. The first-order valence-electron chi connectivity index (χ1n) is 7.55. The van der Waals surface area contributed by atoms with Crippen LogP contribution in [0.25, 0.3) is 0 Å². The standard InChI is InChI=1S/C15H22N2O2S/c18-20(19,17-12-6-2-1-3-7-12)15-10-4-9-14-13(15)8-5-11-16-14/h4,9-10,12,16-17H,1-3,5-8,11H2. The summed E-state index contributed by atoms with van der Waals surface area (Å²) >= 11 is 0. The summed E-state index contributed by atoms with van der Waals surface area (Å²) in [5, 5.41) is 3.29. The van der Waals surface area contributed by atoms with Crippen molar-refractivity contribution in [1.82, 2.24) is 4.72 Å². The Labute approximate surface area is 121 Å². The Morgan fingerprint density at radius 2 is 1.90 bits per heavy atom. The molecule has 20 heavy (non-hydrogen) atoms. The van der Waals surface area contributed by atoms with E-state index in [0.717, 1.165) is 56.3 Å². The molecule has 1 aliphatic heterocycles. The first-order valence-corrected chi connectivity index (χ1v) is 9.03. The van der Waals surface area contributed by atoms with E-state index in [-0.39, 0.29) is 6.04 Å².